The van der Waals surface area contributed by atoms with Gasteiger partial charge in [-0.25, -0.2) is 0 Å². The minimum absolute atomic E-state index is 0.0118. The smallest absolute Gasteiger partial charge is 0.228 e. The van der Waals surface area contributed by atoms with Gasteiger partial charge in [0.25, 0.3) is 0 Å². The summed E-state index contributed by atoms with van der Waals surface area (Å²) in [6, 6.07) is 3.65. The Kier molecular flexibility index (Phi) is 1.88. The number of amides is 1. The monoisotopic (exact) mass is 189 g/mol. The van der Waals surface area contributed by atoms with Crippen LogP contribution in [0.1, 0.15) is 28.4 Å². The number of aryl methyl sites for hydroxylation is 1. The number of ketones is 1. The molecule has 2 rings (SSSR count). The van der Waals surface area contributed by atoms with Crippen molar-refractivity contribution in [1.29, 1.82) is 0 Å². The summed E-state index contributed by atoms with van der Waals surface area (Å²) < 4.78 is 0. The number of rotatable bonds is 1. The largest absolute Gasteiger partial charge is 0.325 e. The first-order valence-electron chi connectivity index (χ1n) is 4.53. The summed E-state index contributed by atoms with van der Waals surface area (Å²) in [5.41, 5.74) is 3.34. The third-order valence-electron chi connectivity index (χ3n) is 2.50. The van der Waals surface area contributed by atoms with Gasteiger partial charge in [-0.1, -0.05) is 12.1 Å². The maximum absolute atomic E-state index is 11.3. The van der Waals surface area contributed by atoms with Crippen molar-refractivity contribution < 1.29 is 9.59 Å². The van der Waals surface area contributed by atoms with E-state index in [1.807, 2.05) is 13.0 Å². The van der Waals surface area contributed by atoms with Crippen LogP contribution >= 0.6 is 0 Å². The Labute approximate surface area is 82.1 Å². The van der Waals surface area contributed by atoms with E-state index < -0.39 is 0 Å². The average Bonchev–Trinajstić information content (AvgIpc) is 2.47. The van der Waals surface area contributed by atoms with Crippen LogP contribution < -0.4 is 5.32 Å². The number of nitrogens with one attached hydrogen (secondary N) is 1. The lowest BCUT2D eigenvalue weighted by Crippen LogP contribution is -2.04. The summed E-state index contributed by atoms with van der Waals surface area (Å²) in [5.74, 6) is -0.0189. The maximum Gasteiger partial charge on any atom is 0.228 e. The lowest BCUT2D eigenvalue weighted by molar-refractivity contribution is -0.115. The van der Waals surface area contributed by atoms with E-state index in [4.69, 9.17) is 0 Å². The van der Waals surface area contributed by atoms with E-state index in [9.17, 15) is 9.59 Å². The summed E-state index contributed by atoms with van der Waals surface area (Å²) in [7, 11) is 0. The van der Waals surface area contributed by atoms with E-state index in [1.54, 1.807) is 6.07 Å². The number of fused-ring (bicyclic) bond motifs is 1. The Morgan fingerprint density at radius 3 is 2.79 bits per heavy atom. The molecule has 1 heterocycles. The van der Waals surface area contributed by atoms with E-state index in [1.165, 1.54) is 6.92 Å². The Morgan fingerprint density at radius 1 is 1.43 bits per heavy atom. The van der Waals surface area contributed by atoms with Crippen LogP contribution in [0.15, 0.2) is 12.1 Å². The van der Waals surface area contributed by atoms with Gasteiger partial charge in [-0.05, 0) is 25.0 Å². The van der Waals surface area contributed by atoms with Crippen LogP contribution in [0.3, 0.4) is 0 Å². The van der Waals surface area contributed by atoms with Crippen molar-refractivity contribution >= 4 is 17.4 Å². The van der Waals surface area contributed by atoms with Crippen molar-refractivity contribution in [3.8, 4) is 0 Å². The Balaban J connectivity index is 2.64. The third kappa shape index (κ3) is 1.21. The quantitative estimate of drug-likeness (QED) is 0.683. The second-order valence-electron chi connectivity index (χ2n) is 3.56. The minimum atomic E-state index is -0.0307. The van der Waals surface area contributed by atoms with E-state index in [-0.39, 0.29) is 11.7 Å². The van der Waals surface area contributed by atoms with Gasteiger partial charge in [-0.3, -0.25) is 9.59 Å². The molecule has 1 N–H and O–H groups in total. The number of Topliss-reactive ketones (excluding diaryl/α,β-unsaturated/α-hetero) is 1. The van der Waals surface area contributed by atoms with Crippen molar-refractivity contribution in [2.24, 2.45) is 0 Å². The van der Waals surface area contributed by atoms with Gasteiger partial charge >= 0.3 is 0 Å². The van der Waals surface area contributed by atoms with E-state index in [0.717, 1.165) is 16.8 Å². The molecular weight excluding hydrogens is 178 g/mol. The highest BCUT2D eigenvalue weighted by molar-refractivity contribution is 6.06. The Bertz CT molecular complexity index is 435. The molecule has 1 amide bonds. The van der Waals surface area contributed by atoms with Crippen molar-refractivity contribution in [2.75, 3.05) is 5.32 Å². The second-order valence-corrected chi connectivity index (χ2v) is 3.56. The van der Waals surface area contributed by atoms with Gasteiger partial charge in [0.1, 0.15) is 0 Å². The molecule has 0 spiro atoms. The highest BCUT2D eigenvalue weighted by Gasteiger charge is 2.23. The fourth-order valence-electron chi connectivity index (χ4n) is 1.80. The molecule has 1 aromatic rings. The van der Waals surface area contributed by atoms with Gasteiger partial charge in [-0.15, -0.1) is 0 Å². The highest BCUT2D eigenvalue weighted by atomic mass is 16.2. The zero-order valence-electron chi connectivity index (χ0n) is 8.18. The zero-order valence-corrected chi connectivity index (χ0v) is 8.18. The topological polar surface area (TPSA) is 46.2 Å². The molecule has 0 atom stereocenters. The first-order chi connectivity index (χ1) is 6.59. The van der Waals surface area contributed by atoms with Crippen molar-refractivity contribution in [3.05, 3.63) is 28.8 Å². The van der Waals surface area contributed by atoms with Crippen LogP contribution in [0, 0.1) is 6.92 Å². The lowest BCUT2D eigenvalue weighted by Gasteiger charge is -2.06. The van der Waals surface area contributed by atoms with Gasteiger partial charge in [0.2, 0.25) is 5.91 Å². The number of anilines is 1. The Hall–Kier alpha value is -1.64. The predicted octanol–water partition coefficient (Wildman–Crippen LogP) is 1.69. The second kappa shape index (κ2) is 2.94. The van der Waals surface area contributed by atoms with Crippen LogP contribution in [0.2, 0.25) is 0 Å². The first-order valence-corrected chi connectivity index (χ1v) is 4.53. The van der Waals surface area contributed by atoms with Crippen LogP contribution in [0.4, 0.5) is 5.69 Å². The molecule has 0 radical (unpaired) electrons. The Morgan fingerprint density at radius 2 is 2.14 bits per heavy atom. The fraction of sp³-hybridized carbons (Fsp3) is 0.273. The van der Waals surface area contributed by atoms with Crippen LogP contribution in [0.25, 0.3) is 0 Å². The number of carbonyl (C=O) groups is 2. The molecule has 0 saturated heterocycles. The van der Waals surface area contributed by atoms with Crippen LogP contribution in [0.5, 0.6) is 0 Å². The molecule has 0 aliphatic carbocycles. The van der Waals surface area contributed by atoms with Gasteiger partial charge < -0.3 is 5.32 Å². The third-order valence-corrected chi connectivity index (χ3v) is 2.50. The number of hydrogen-bond acceptors (Lipinski definition) is 2. The molecule has 1 aliphatic heterocycles. The molecule has 0 saturated carbocycles. The molecule has 0 aromatic heterocycles. The molecule has 0 fully saturated rings. The van der Waals surface area contributed by atoms with Gasteiger partial charge in [0.15, 0.2) is 5.78 Å². The van der Waals surface area contributed by atoms with Crippen LogP contribution in [-0.4, -0.2) is 11.7 Å². The summed E-state index contributed by atoms with van der Waals surface area (Å²) in [6.45, 7) is 3.45. The normalized spacial score (nSPS) is 13.7. The lowest BCUT2D eigenvalue weighted by atomic mass is 9.99. The fourth-order valence-corrected chi connectivity index (χ4v) is 1.80. The SMILES string of the molecule is CC(=O)c1ccc(C)c2c1CC(=O)N2. The minimum Gasteiger partial charge on any atom is -0.325 e. The molecule has 0 bridgehead atoms. The summed E-state index contributed by atoms with van der Waals surface area (Å²) in [6.07, 6.45) is 0.325. The molecule has 72 valence electrons. The van der Waals surface area contributed by atoms with Crippen LogP contribution in [-0.2, 0) is 11.2 Å². The molecule has 3 heteroatoms. The predicted molar refractivity (Wildman–Crippen MR) is 53.5 cm³/mol. The van der Waals surface area contributed by atoms with Crippen molar-refractivity contribution in [1.82, 2.24) is 0 Å². The zero-order chi connectivity index (χ0) is 10.3. The van der Waals surface area contributed by atoms with E-state index >= 15 is 0 Å². The highest BCUT2D eigenvalue weighted by Crippen LogP contribution is 2.29. The number of benzene rings is 1. The summed E-state index contributed by atoms with van der Waals surface area (Å²) in [4.78, 5) is 22.5. The van der Waals surface area contributed by atoms with Gasteiger partial charge in [0.05, 0.1) is 6.42 Å². The molecule has 1 aliphatic rings. The average molecular weight is 189 g/mol. The van der Waals surface area contributed by atoms with Crippen molar-refractivity contribution in [3.63, 3.8) is 0 Å². The van der Waals surface area contributed by atoms with E-state index in [0.29, 0.717) is 12.0 Å². The standard InChI is InChI=1S/C11H11NO2/c1-6-3-4-8(7(2)13)9-5-10(14)12-11(6)9/h3-4H,5H2,1-2H3,(H,12,14). The van der Waals surface area contributed by atoms with Crippen molar-refractivity contribution in [2.45, 2.75) is 20.3 Å². The maximum atomic E-state index is 11.3. The van der Waals surface area contributed by atoms with Gasteiger partial charge in [-0.2, -0.15) is 0 Å². The van der Waals surface area contributed by atoms with Gasteiger partial charge in [0, 0.05) is 11.3 Å². The molecule has 3 nitrogen and oxygen atoms in total. The van der Waals surface area contributed by atoms with E-state index in [2.05, 4.69) is 5.32 Å². The molecular formula is C11H11NO2. The molecule has 14 heavy (non-hydrogen) atoms. The first kappa shape index (κ1) is 8.94. The summed E-state index contributed by atoms with van der Waals surface area (Å²) >= 11 is 0. The number of carbonyl (C=O) groups excluding carboxylic acids is 2. The summed E-state index contributed by atoms with van der Waals surface area (Å²) in [5, 5.41) is 2.77. The molecule has 1 aromatic carbocycles. The molecule has 0 unspecified atom stereocenters. The number of hydrogen-bond donors (Lipinski definition) is 1.